The minimum Gasteiger partial charge on any atom is -0.343 e. The Morgan fingerprint density at radius 2 is 2.05 bits per heavy atom. The molecule has 2 aliphatic rings. The Bertz CT molecular complexity index is 502. The molecule has 1 aliphatic carbocycles. The van der Waals surface area contributed by atoms with Crippen LogP contribution in [0.15, 0.2) is 16.7 Å². The normalized spacial score (nSPS) is 20.0. The maximum atomic E-state index is 12.6. The fraction of sp³-hybridized carbons (Fsp3) is 0.688. The number of amides is 1. The van der Waals surface area contributed by atoms with Crippen molar-refractivity contribution in [1.29, 1.82) is 0 Å². The van der Waals surface area contributed by atoms with Gasteiger partial charge in [-0.05, 0) is 67.1 Å². The van der Waals surface area contributed by atoms with Crippen LogP contribution in [0.5, 0.6) is 0 Å². The number of likely N-dealkylation sites (tertiary alicyclic amines) is 1. The molecule has 2 heterocycles. The van der Waals surface area contributed by atoms with E-state index in [1.165, 1.54) is 19.4 Å². The lowest BCUT2D eigenvalue weighted by atomic mass is 10.0. The van der Waals surface area contributed by atoms with Gasteiger partial charge in [-0.3, -0.25) is 4.79 Å². The highest BCUT2D eigenvalue weighted by molar-refractivity contribution is 9.10. The monoisotopic (exact) mass is 353 g/mol. The Kier molecular flexibility index (Phi) is 4.69. The third-order valence-electron chi connectivity index (χ3n) is 4.60. The average Bonchev–Trinajstić information content (AvgIpc) is 3.26. The average molecular weight is 354 g/mol. The molecule has 1 N–H and O–H groups in total. The van der Waals surface area contributed by atoms with Crippen molar-refractivity contribution in [2.75, 3.05) is 19.6 Å². The standard InChI is InChI=1S/C16H24BrN3O/c1-2-19-11-13(17)9-15(19)16(21)20-7-5-14(6-8-20)18-10-12-3-4-12/h9,11-12,14,18H,2-8,10H2,1H3. The Balaban J connectivity index is 1.54. The molecule has 3 rings (SSSR count). The summed E-state index contributed by atoms with van der Waals surface area (Å²) in [5.41, 5.74) is 0.800. The molecular formula is C16H24BrN3O. The molecule has 0 aromatic carbocycles. The molecule has 1 saturated heterocycles. The van der Waals surface area contributed by atoms with Crippen LogP contribution in [0.4, 0.5) is 0 Å². The fourth-order valence-electron chi connectivity index (χ4n) is 3.02. The van der Waals surface area contributed by atoms with Crippen molar-refractivity contribution in [1.82, 2.24) is 14.8 Å². The number of nitrogens with one attached hydrogen (secondary N) is 1. The van der Waals surface area contributed by atoms with Crippen LogP contribution in [0, 0.1) is 5.92 Å². The third kappa shape index (κ3) is 3.69. The number of rotatable bonds is 5. The highest BCUT2D eigenvalue weighted by Crippen LogP contribution is 2.28. The Morgan fingerprint density at radius 3 is 2.67 bits per heavy atom. The summed E-state index contributed by atoms with van der Waals surface area (Å²) in [6, 6.07) is 2.53. The molecule has 1 aromatic heterocycles. The molecule has 0 unspecified atom stereocenters. The highest BCUT2D eigenvalue weighted by atomic mass is 79.9. The van der Waals surface area contributed by atoms with Crippen LogP contribution in [-0.4, -0.2) is 41.1 Å². The first-order valence-electron chi connectivity index (χ1n) is 8.05. The van der Waals surface area contributed by atoms with E-state index < -0.39 is 0 Å². The number of piperidine rings is 1. The SMILES string of the molecule is CCn1cc(Br)cc1C(=O)N1CCC(NCC2CC2)CC1. The van der Waals surface area contributed by atoms with Crippen molar-refractivity contribution < 1.29 is 4.79 Å². The van der Waals surface area contributed by atoms with Gasteiger partial charge in [0.05, 0.1) is 0 Å². The first-order chi connectivity index (χ1) is 10.2. The predicted molar refractivity (Wildman–Crippen MR) is 87.5 cm³/mol. The molecule has 1 aromatic rings. The molecule has 0 bridgehead atoms. The summed E-state index contributed by atoms with van der Waals surface area (Å²) in [5, 5.41) is 3.66. The van der Waals surface area contributed by atoms with E-state index in [-0.39, 0.29) is 5.91 Å². The van der Waals surface area contributed by atoms with Crippen molar-refractivity contribution in [3.05, 3.63) is 22.4 Å². The second-order valence-corrected chi connectivity index (χ2v) is 7.16. The van der Waals surface area contributed by atoms with E-state index >= 15 is 0 Å². The quantitative estimate of drug-likeness (QED) is 0.883. The smallest absolute Gasteiger partial charge is 0.270 e. The number of carbonyl (C=O) groups excluding carboxylic acids is 1. The van der Waals surface area contributed by atoms with E-state index in [0.717, 1.165) is 48.6 Å². The second kappa shape index (κ2) is 6.53. The number of hydrogen-bond donors (Lipinski definition) is 1. The third-order valence-corrected chi connectivity index (χ3v) is 5.03. The number of halogens is 1. The van der Waals surface area contributed by atoms with Crippen LogP contribution in [0.1, 0.15) is 43.1 Å². The van der Waals surface area contributed by atoms with Crippen molar-refractivity contribution in [2.24, 2.45) is 5.92 Å². The molecule has 116 valence electrons. The zero-order valence-corrected chi connectivity index (χ0v) is 14.2. The number of carbonyl (C=O) groups is 1. The van der Waals surface area contributed by atoms with E-state index in [1.54, 1.807) is 0 Å². The highest BCUT2D eigenvalue weighted by Gasteiger charge is 2.27. The van der Waals surface area contributed by atoms with Crippen molar-refractivity contribution in [3.8, 4) is 0 Å². The summed E-state index contributed by atoms with van der Waals surface area (Å²) >= 11 is 3.46. The van der Waals surface area contributed by atoms with Gasteiger partial charge in [-0.1, -0.05) is 0 Å². The van der Waals surface area contributed by atoms with Gasteiger partial charge >= 0.3 is 0 Å². The lowest BCUT2D eigenvalue weighted by Crippen LogP contribution is -2.45. The summed E-state index contributed by atoms with van der Waals surface area (Å²) in [6.07, 6.45) is 6.93. The van der Waals surface area contributed by atoms with E-state index in [1.807, 2.05) is 21.7 Å². The molecule has 0 radical (unpaired) electrons. The summed E-state index contributed by atoms with van der Waals surface area (Å²) in [5.74, 6) is 1.10. The van der Waals surface area contributed by atoms with Gasteiger partial charge in [0, 0.05) is 36.3 Å². The Labute approximate surface area is 135 Å². The van der Waals surface area contributed by atoms with Gasteiger partial charge in [0.15, 0.2) is 0 Å². The molecule has 0 atom stereocenters. The van der Waals surface area contributed by atoms with E-state index in [9.17, 15) is 4.79 Å². The van der Waals surface area contributed by atoms with Gasteiger partial charge in [0.1, 0.15) is 5.69 Å². The van der Waals surface area contributed by atoms with Gasteiger partial charge < -0.3 is 14.8 Å². The first kappa shape index (κ1) is 15.1. The lowest BCUT2D eigenvalue weighted by molar-refractivity contribution is 0.0694. The number of hydrogen-bond acceptors (Lipinski definition) is 2. The van der Waals surface area contributed by atoms with E-state index in [2.05, 4.69) is 28.2 Å². The molecule has 1 amide bonds. The maximum absolute atomic E-state index is 12.6. The first-order valence-corrected chi connectivity index (χ1v) is 8.85. The van der Waals surface area contributed by atoms with Crippen LogP contribution in [0.25, 0.3) is 0 Å². The summed E-state index contributed by atoms with van der Waals surface area (Å²) in [4.78, 5) is 14.6. The zero-order valence-electron chi connectivity index (χ0n) is 12.6. The summed E-state index contributed by atoms with van der Waals surface area (Å²) in [7, 11) is 0. The van der Waals surface area contributed by atoms with Gasteiger partial charge in [-0.2, -0.15) is 0 Å². The van der Waals surface area contributed by atoms with Gasteiger partial charge in [-0.25, -0.2) is 0 Å². The van der Waals surface area contributed by atoms with Gasteiger partial charge in [0.25, 0.3) is 5.91 Å². The molecular weight excluding hydrogens is 330 g/mol. The molecule has 0 spiro atoms. The van der Waals surface area contributed by atoms with Gasteiger partial charge in [0.2, 0.25) is 0 Å². The Hall–Kier alpha value is -0.810. The topological polar surface area (TPSA) is 37.3 Å². The minimum atomic E-state index is 0.170. The van der Waals surface area contributed by atoms with Crippen LogP contribution in [0.2, 0.25) is 0 Å². The van der Waals surface area contributed by atoms with E-state index in [4.69, 9.17) is 0 Å². The molecule has 21 heavy (non-hydrogen) atoms. The molecule has 1 aliphatic heterocycles. The largest absolute Gasteiger partial charge is 0.343 e. The fourth-order valence-corrected chi connectivity index (χ4v) is 3.48. The van der Waals surface area contributed by atoms with Crippen LogP contribution >= 0.6 is 15.9 Å². The number of aromatic nitrogens is 1. The summed E-state index contributed by atoms with van der Waals surface area (Å²) in [6.45, 7) is 5.80. The molecule has 4 nitrogen and oxygen atoms in total. The lowest BCUT2D eigenvalue weighted by Gasteiger charge is -2.32. The van der Waals surface area contributed by atoms with Crippen molar-refractivity contribution in [2.45, 2.75) is 45.2 Å². The van der Waals surface area contributed by atoms with Crippen LogP contribution in [-0.2, 0) is 6.54 Å². The second-order valence-electron chi connectivity index (χ2n) is 6.25. The number of nitrogens with zero attached hydrogens (tertiary/aromatic N) is 2. The Morgan fingerprint density at radius 1 is 1.33 bits per heavy atom. The zero-order chi connectivity index (χ0) is 14.8. The van der Waals surface area contributed by atoms with Gasteiger partial charge in [-0.15, -0.1) is 0 Å². The maximum Gasteiger partial charge on any atom is 0.270 e. The molecule has 1 saturated carbocycles. The number of aryl methyl sites for hydroxylation is 1. The van der Waals surface area contributed by atoms with Crippen LogP contribution < -0.4 is 5.32 Å². The molecule has 5 heteroatoms. The molecule has 2 fully saturated rings. The van der Waals surface area contributed by atoms with E-state index in [0.29, 0.717) is 6.04 Å². The predicted octanol–water partition coefficient (Wildman–Crippen LogP) is 2.87. The van der Waals surface area contributed by atoms with Crippen molar-refractivity contribution >= 4 is 21.8 Å². The minimum absolute atomic E-state index is 0.170. The van der Waals surface area contributed by atoms with Crippen molar-refractivity contribution in [3.63, 3.8) is 0 Å². The summed E-state index contributed by atoms with van der Waals surface area (Å²) < 4.78 is 3.00. The van der Waals surface area contributed by atoms with Crippen LogP contribution in [0.3, 0.4) is 0 Å².